The zero-order chi connectivity index (χ0) is 12.6. The van der Waals surface area contributed by atoms with Crippen LogP contribution in [0, 0.1) is 17.7 Å². The van der Waals surface area contributed by atoms with Gasteiger partial charge in [-0.2, -0.15) is 0 Å². The van der Waals surface area contributed by atoms with Gasteiger partial charge in [-0.05, 0) is 30.4 Å². The fourth-order valence-corrected chi connectivity index (χ4v) is 2.02. The van der Waals surface area contributed by atoms with Crippen molar-refractivity contribution >= 4 is 11.6 Å². The average Bonchev–Trinajstić information content (AvgIpc) is 2.97. The van der Waals surface area contributed by atoms with E-state index >= 15 is 0 Å². The summed E-state index contributed by atoms with van der Waals surface area (Å²) >= 11 is 0. The van der Waals surface area contributed by atoms with E-state index in [0.29, 0.717) is 11.8 Å². The van der Waals surface area contributed by atoms with Crippen LogP contribution in [0.15, 0.2) is 18.2 Å². The fraction of sp³-hybridized carbons (Fsp3) is 0.462. The predicted molar refractivity (Wildman–Crippen MR) is 65.0 cm³/mol. The minimum Gasteiger partial charge on any atom is -0.396 e. The second-order valence-electron chi connectivity index (χ2n) is 4.86. The lowest BCUT2D eigenvalue weighted by molar-refractivity contribution is 0.0787. The Morgan fingerprint density at radius 1 is 1.59 bits per heavy atom. The first-order valence-electron chi connectivity index (χ1n) is 5.80. The van der Waals surface area contributed by atoms with Crippen LogP contribution < -0.4 is 5.73 Å². The van der Waals surface area contributed by atoms with Gasteiger partial charge in [-0.15, -0.1) is 0 Å². The Hall–Kier alpha value is -1.58. The number of rotatable bonds is 3. The summed E-state index contributed by atoms with van der Waals surface area (Å²) in [4.78, 5) is 13.7. The summed E-state index contributed by atoms with van der Waals surface area (Å²) in [5, 5.41) is 0. The van der Waals surface area contributed by atoms with Crippen molar-refractivity contribution in [2.45, 2.75) is 13.3 Å². The molecule has 17 heavy (non-hydrogen) atoms. The molecule has 1 fully saturated rings. The van der Waals surface area contributed by atoms with E-state index in [4.69, 9.17) is 5.73 Å². The Bertz CT molecular complexity index is 447. The molecule has 2 atom stereocenters. The number of anilines is 1. The van der Waals surface area contributed by atoms with Gasteiger partial charge < -0.3 is 10.6 Å². The second kappa shape index (κ2) is 4.35. The van der Waals surface area contributed by atoms with Crippen LogP contribution in [0.2, 0.25) is 0 Å². The van der Waals surface area contributed by atoms with Crippen molar-refractivity contribution in [1.29, 1.82) is 0 Å². The van der Waals surface area contributed by atoms with E-state index in [-0.39, 0.29) is 17.2 Å². The smallest absolute Gasteiger partial charge is 0.255 e. The Morgan fingerprint density at radius 2 is 2.24 bits per heavy atom. The monoisotopic (exact) mass is 236 g/mol. The van der Waals surface area contributed by atoms with Gasteiger partial charge in [0.2, 0.25) is 0 Å². The molecule has 0 saturated heterocycles. The summed E-state index contributed by atoms with van der Waals surface area (Å²) in [7, 11) is 1.73. The Labute approximate surface area is 100 Å². The maximum absolute atomic E-state index is 13.2. The van der Waals surface area contributed by atoms with Crippen LogP contribution in [0.4, 0.5) is 10.1 Å². The van der Waals surface area contributed by atoms with Crippen LogP contribution in [0.1, 0.15) is 23.7 Å². The van der Waals surface area contributed by atoms with Gasteiger partial charge in [-0.1, -0.05) is 13.0 Å². The SMILES string of the molecule is CC1CC1CN(C)C(=O)c1cccc(F)c1N. The number of hydrogen-bond donors (Lipinski definition) is 1. The number of benzene rings is 1. The molecule has 1 saturated carbocycles. The van der Waals surface area contributed by atoms with E-state index in [1.165, 1.54) is 12.1 Å². The van der Waals surface area contributed by atoms with E-state index < -0.39 is 5.82 Å². The standard InChI is InChI=1S/C13H17FN2O/c1-8-6-9(8)7-16(2)13(17)10-4-3-5-11(14)12(10)15/h3-5,8-9H,6-7,15H2,1-2H3. The summed E-state index contributed by atoms with van der Waals surface area (Å²) in [6.07, 6.45) is 1.16. The molecule has 0 bridgehead atoms. The number of hydrogen-bond acceptors (Lipinski definition) is 2. The molecule has 0 aliphatic heterocycles. The molecule has 4 heteroatoms. The maximum atomic E-state index is 13.2. The number of nitrogen functional groups attached to an aromatic ring is 1. The molecule has 0 radical (unpaired) electrons. The minimum absolute atomic E-state index is 0.0619. The molecular weight excluding hydrogens is 219 g/mol. The first kappa shape index (κ1) is 11.9. The number of nitrogens with two attached hydrogens (primary N) is 1. The van der Waals surface area contributed by atoms with Crippen molar-refractivity contribution in [2.24, 2.45) is 11.8 Å². The van der Waals surface area contributed by atoms with Gasteiger partial charge in [0.15, 0.2) is 0 Å². The zero-order valence-electron chi connectivity index (χ0n) is 10.1. The summed E-state index contributed by atoms with van der Waals surface area (Å²) in [6, 6.07) is 4.33. The normalized spacial score (nSPS) is 22.3. The van der Waals surface area contributed by atoms with Gasteiger partial charge in [-0.3, -0.25) is 4.79 Å². The van der Waals surface area contributed by atoms with Gasteiger partial charge >= 0.3 is 0 Å². The number of carbonyl (C=O) groups is 1. The van der Waals surface area contributed by atoms with E-state index in [1.54, 1.807) is 18.0 Å². The third-order valence-corrected chi connectivity index (χ3v) is 3.41. The van der Waals surface area contributed by atoms with E-state index in [9.17, 15) is 9.18 Å². The van der Waals surface area contributed by atoms with Crippen LogP contribution in [-0.4, -0.2) is 24.4 Å². The topological polar surface area (TPSA) is 46.3 Å². The second-order valence-corrected chi connectivity index (χ2v) is 4.86. The number of amides is 1. The molecule has 92 valence electrons. The first-order chi connectivity index (χ1) is 8.00. The molecule has 0 aromatic heterocycles. The van der Waals surface area contributed by atoms with Crippen LogP contribution in [0.25, 0.3) is 0 Å². The summed E-state index contributed by atoms with van der Waals surface area (Å²) in [6.45, 7) is 2.88. The Balaban J connectivity index is 2.10. The lowest BCUT2D eigenvalue weighted by Crippen LogP contribution is -2.29. The van der Waals surface area contributed by atoms with Crippen molar-refractivity contribution in [2.75, 3.05) is 19.3 Å². The largest absolute Gasteiger partial charge is 0.396 e. The van der Waals surface area contributed by atoms with Gasteiger partial charge in [0.05, 0.1) is 11.3 Å². The molecule has 0 heterocycles. The molecule has 1 aliphatic carbocycles. The van der Waals surface area contributed by atoms with Crippen molar-refractivity contribution in [3.05, 3.63) is 29.6 Å². The number of carbonyl (C=O) groups excluding carboxylic acids is 1. The Morgan fingerprint density at radius 3 is 2.82 bits per heavy atom. The Kier molecular flexibility index (Phi) is 3.05. The summed E-state index contributed by atoms with van der Waals surface area (Å²) in [5.41, 5.74) is 5.76. The third kappa shape index (κ3) is 2.40. The van der Waals surface area contributed by atoms with Crippen molar-refractivity contribution in [3.8, 4) is 0 Å². The fourth-order valence-electron chi connectivity index (χ4n) is 2.02. The highest BCUT2D eigenvalue weighted by Gasteiger charge is 2.34. The average molecular weight is 236 g/mol. The van der Waals surface area contributed by atoms with Gasteiger partial charge in [0.1, 0.15) is 5.82 Å². The predicted octanol–water partition coefficient (Wildman–Crippen LogP) is 2.14. The molecule has 1 aliphatic rings. The maximum Gasteiger partial charge on any atom is 0.255 e. The van der Waals surface area contributed by atoms with Crippen LogP contribution in [0.3, 0.4) is 0 Å². The third-order valence-electron chi connectivity index (χ3n) is 3.41. The van der Waals surface area contributed by atoms with Gasteiger partial charge in [0.25, 0.3) is 5.91 Å². The molecule has 2 rings (SSSR count). The molecule has 1 aromatic rings. The number of para-hydroxylation sites is 1. The quantitative estimate of drug-likeness (QED) is 0.817. The highest BCUT2D eigenvalue weighted by molar-refractivity contribution is 5.99. The van der Waals surface area contributed by atoms with Gasteiger partial charge in [-0.25, -0.2) is 4.39 Å². The van der Waals surface area contributed by atoms with Crippen molar-refractivity contribution in [3.63, 3.8) is 0 Å². The molecule has 1 amide bonds. The molecular formula is C13H17FN2O. The first-order valence-corrected chi connectivity index (χ1v) is 5.80. The van der Waals surface area contributed by atoms with Crippen molar-refractivity contribution < 1.29 is 9.18 Å². The van der Waals surface area contributed by atoms with E-state index in [0.717, 1.165) is 13.0 Å². The van der Waals surface area contributed by atoms with Crippen LogP contribution in [-0.2, 0) is 0 Å². The lowest BCUT2D eigenvalue weighted by atomic mass is 10.1. The summed E-state index contributed by atoms with van der Waals surface area (Å²) in [5.74, 6) is 0.527. The molecule has 2 N–H and O–H groups in total. The van der Waals surface area contributed by atoms with Gasteiger partial charge in [0, 0.05) is 13.6 Å². The molecule has 1 aromatic carbocycles. The van der Waals surface area contributed by atoms with E-state index in [1.807, 2.05) is 0 Å². The van der Waals surface area contributed by atoms with E-state index in [2.05, 4.69) is 6.92 Å². The highest BCUT2D eigenvalue weighted by Crippen LogP contribution is 2.38. The summed E-state index contributed by atoms with van der Waals surface area (Å²) < 4.78 is 13.2. The molecule has 0 spiro atoms. The molecule has 3 nitrogen and oxygen atoms in total. The lowest BCUT2D eigenvalue weighted by Gasteiger charge is -2.18. The highest BCUT2D eigenvalue weighted by atomic mass is 19.1. The van der Waals surface area contributed by atoms with Crippen LogP contribution >= 0.6 is 0 Å². The minimum atomic E-state index is -0.538. The number of halogens is 1. The number of nitrogens with zero attached hydrogens (tertiary/aromatic N) is 1. The van der Waals surface area contributed by atoms with Crippen molar-refractivity contribution in [1.82, 2.24) is 4.90 Å². The molecule has 2 unspecified atom stereocenters. The zero-order valence-corrected chi connectivity index (χ0v) is 10.1. The van der Waals surface area contributed by atoms with Crippen LogP contribution in [0.5, 0.6) is 0 Å².